The van der Waals surface area contributed by atoms with Gasteiger partial charge < -0.3 is 0 Å². The normalized spacial score (nSPS) is 10.8. The lowest BCUT2D eigenvalue weighted by Gasteiger charge is -2.06. The highest BCUT2D eigenvalue weighted by Gasteiger charge is 2.04. The molecule has 19 heavy (non-hydrogen) atoms. The van der Waals surface area contributed by atoms with Crippen LogP contribution in [0, 0.1) is 5.82 Å². The highest BCUT2D eigenvalue weighted by molar-refractivity contribution is 6.31. The molecule has 1 nitrogen and oxygen atoms in total. The van der Waals surface area contributed by atoms with Gasteiger partial charge in [-0.2, -0.15) is 0 Å². The van der Waals surface area contributed by atoms with E-state index in [-0.39, 0.29) is 5.82 Å². The first kappa shape index (κ1) is 12.1. The number of aromatic nitrogens is 1. The van der Waals surface area contributed by atoms with Crippen LogP contribution in [0.3, 0.4) is 0 Å². The van der Waals surface area contributed by atoms with E-state index in [1.807, 2.05) is 24.3 Å². The van der Waals surface area contributed by atoms with Crippen molar-refractivity contribution < 1.29 is 4.39 Å². The van der Waals surface area contributed by atoms with Crippen molar-refractivity contribution in [2.75, 3.05) is 0 Å². The van der Waals surface area contributed by atoms with Gasteiger partial charge in [0.15, 0.2) is 0 Å². The summed E-state index contributed by atoms with van der Waals surface area (Å²) in [5, 5.41) is 1.76. The van der Waals surface area contributed by atoms with E-state index in [0.29, 0.717) is 5.02 Å². The van der Waals surface area contributed by atoms with Crippen molar-refractivity contribution in [2.45, 2.75) is 6.42 Å². The molecule has 1 heterocycles. The molecule has 0 N–H and O–H groups in total. The number of hydrogen-bond acceptors (Lipinski definition) is 1. The van der Waals surface area contributed by atoms with Crippen molar-refractivity contribution in [1.29, 1.82) is 0 Å². The van der Waals surface area contributed by atoms with Crippen LogP contribution in [0.2, 0.25) is 5.02 Å². The number of benzene rings is 2. The topological polar surface area (TPSA) is 12.9 Å². The number of pyridine rings is 1. The van der Waals surface area contributed by atoms with Crippen LogP contribution >= 0.6 is 11.6 Å². The van der Waals surface area contributed by atoms with Gasteiger partial charge in [-0.3, -0.25) is 4.98 Å². The van der Waals surface area contributed by atoms with E-state index in [4.69, 9.17) is 11.6 Å². The largest absolute Gasteiger partial charge is 0.256 e. The van der Waals surface area contributed by atoms with Crippen LogP contribution in [-0.2, 0) is 6.42 Å². The Labute approximate surface area is 115 Å². The molecule has 0 unspecified atom stereocenters. The number of fused-ring (bicyclic) bond motifs is 1. The first-order valence-electron chi connectivity index (χ1n) is 6.00. The monoisotopic (exact) mass is 271 g/mol. The molecule has 0 amide bonds. The Bertz CT molecular complexity index is 722. The molecule has 2 aromatic carbocycles. The van der Waals surface area contributed by atoms with Crippen LogP contribution in [0.25, 0.3) is 10.9 Å². The third-order valence-corrected chi connectivity index (χ3v) is 3.34. The van der Waals surface area contributed by atoms with Gasteiger partial charge in [-0.1, -0.05) is 29.8 Å². The Morgan fingerprint density at radius 2 is 1.79 bits per heavy atom. The molecule has 1 aromatic heterocycles. The van der Waals surface area contributed by atoms with Gasteiger partial charge >= 0.3 is 0 Å². The summed E-state index contributed by atoms with van der Waals surface area (Å²) in [7, 11) is 0. The van der Waals surface area contributed by atoms with Crippen molar-refractivity contribution in [3.63, 3.8) is 0 Å². The van der Waals surface area contributed by atoms with E-state index in [0.717, 1.165) is 28.5 Å². The molecule has 0 bridgehead atoms. The fourth-order valence-corrected chi connectivity index (χ4v) is 2.32. The Hall–Kier alpha value is -1.93. The molecule has 0 atom stereocenters. The number of rotatable bonds is 2. The smallest absolute Gasteiger partial charge is 0.123 e. The molecule has 0 spiro atoms. The van der Waals surface area contributed by atoms with Gasteiger partial charge in [-0.25, -0.2) is 4.39 Å². The summed E-state index contributed by atoms with van der Waals surface area (Å²) in [6.07, 6.45) is 2.53. The molecule has 0 aliphatic heterocycles. The van der Waals surface area contributed by atoms with Crippen LogP contribution in [0.1, 0.15) is 11.1 Å². The summed E-state index contributed by atoms with van der Waals surface area (Å²) in [6.45, 7) is 0. The molecule has 3 rings (SSSR count). The fraction of sp³-hybridized carbons (Fsp3) is 0.0625. The van der Waals surface area contributed by atoms with Gasteiger partial charge in [0, 0.05) is 16.6 Å². The maximum Gasteiger partial charge on any atom is 0.123 e. The number of nitrogens with zero attached hydrogens (tertiary/aromatic N) is 1. The summed E-state index contributed by atoms with van der Waals surface area (Å²) in [5.41, 5.74) is 3.12. The molecule has 0 fully saturated rings. The second-order valence-electron chi connectivity index (χ2n) is 4.43. The predicted octanol–water partition coefficient (Wildman–Crippen LogP) is 4.62. The van der Waals surface area contributed by atoms with E-state index < -0.39 is 0 Å². The van der Waals surface area contributed by atoms with Gasteiger partial charge in [0.05, 0.1) is 5.52 Å². The lowest BCUT2D eigenvalue weighted by atomic mass is 10.0. The predicted molar refractivity (Wildman–Crippen MR) is 76.0 cm³/mol. The molecule has 0 saturated carbocycles. The first-order valence-corrected chi connectivity index (χ1v) is 6.38. The third kappa shape index (κ3) is 2.59. The summed E-state index contributed by atoms with van der Waals surface area (Å²) in [5.74, 6) is -0.213. The number of hydrogen-bond donors (Lipinski definition) is 0. The third-order valence-electron chi connectivity index (χ3n) is 3.10. The molecular formula is C16H11ClFN. The van der Waals surface area contributed by atoms with Crippen molar-refractivity contribution in [1.82, 2.24) is 4.98 Å². The van der Waals surface area contributed by atoms with Gasteiger partial charge in [-0.05, 0) is 47.9 Å². The quantitative estimate of drug-likeness (QED) is 0.663. The van der Waals surface area contributed by atoms with E-state index >= 15 is 0 Å². The van der Waals surface area contributed by atoms with Crippen LogP contribution in [-0.4, -0.2) is 4.98 Å². The van der Waals surface area contributed by atoms with Crippen LogP contribution in [0.4, 0.5) is 4.39 Å². The fourth-order valence-electron chi connectivity index (χ4n) is 2.16. The van der Waals surface area contributed by atoms with E-state index in [9.17, 15) is 4.39 Å². The lowest BCUT2D eigenvalue weighted by molar-refractivity contribution is 0.627. The van der Waals surface area contributed by atoms with Crippen molar-refractivity contribution >= 4 is 22.5 Å². The maximum atomic E-state index is 12.9. The van der Waals surface area contributed by atoms with Crippen molar-refractivity contribution in [2.24, 2.45) is 0 Å². The van der Waals surface area contributed by atoms with E-state index in [2.05, 4.69) is 4.98 Å². The van der Waals surface area contributed by atoms with Gasteiger partial charge in [0.2, 0.25) is 0 Å². The molecule has 94 valence electrons. The number of halogens is 2. The van der Waals surface area contributed by atoms with Gasteiger partial charge in [0.1, 0.15) is 5.82 Å². The molecule has 0 aliphatic rings. The van der Waals surface area contributed by atoms with Crippen LogP contribution in [0.5, 0.6) is 0 Å². The molecule has 0 radical (unpaired) electrons. The van der Waals surface area contributed by atoms with Crippen LogP contribution in [0.15, 0.2) is 54.7 Å². The Morgan fingerprint density at radius 3 is 2.58 bits per heavy atom. The summed E-state index contributed by atoms with van der Waals surface area (Å²) >= 11 is 5.97. The molecular weight excluding hydrogens is 261 g/mol. The SMILES string of the molecule is Fc1ccc(Cc2ccnc3cc(Cl)ccc23)cc1. The average molecular weight is 272 g/mol. The minimum Gasteiger partial charge on any atom is -0.256 e. The first-order chi connectivity index (χ1) is 9.22. The zero-order valence-corrected chi connectivity index (χ0v) is 10.9. The Kier molecular flexibility index (Phi) is 3.18. The van der Waals surface area contributed by atoms with E-state index in [1.165, 1.54) is 12.1 Å². The lowest BCUT2D eigenvalue weighted by Crippen LogP contribution is -1.91. The standard InChI is InChI=1S/C16H11ClFN/c17-13-3-6-15-12(7-8-19-16(15)10-13)9-11-1-4-14(18)5-2-11/h1-8,10H,9H2. The highest BCUT2D eigenvalue weighted by atomic mass is 35.5. The summed E-state index contributed by atoms with van der Waals surface area (Å²) < 4.78 is 12.9. The highest BCUT2D eigenvalue weighted by Crippen LogP contribution is 2.22. The van der Waals surface area contributed by atoms with Crippen LogP contribution < -0.4 is 0 Å². The molecule has 3 aromatic rings. The van der Waals surface area contributed by atoms with Gasteiger partial charge in [-0.15, -0.1) is 0 Å². The minimum absolute atomic E-state index is 0.213. The zero-order valence-electron chi connectivity index (χ0n) is 10.1. The molecule has 0 saturated heterocycles. The second kappa shape index (κ2) is 4.98. The summed E-state index contributed by atoms with van der Waals surface area (Å²) in [6, 6.07) is 14.2. The Morgan fingerprint density at radius 1 is 1.00 bits per heavy atom. The summed E-state index contributed by atoms with van der Waals surface area (Å²) in [4.78, 5) is 4.31. The van der Waals surface area contributed by atoms with E-state index in [1.54, 1.807) is 18.3 Å². The Balaban J connectivity index is 2.03. The van der Waals surface area contributed by atoms with Crippen molar-refractivity contribution in [3.05, 3.63) is 76.7 Å². The maximum absolute atomic E-state index is 12.9. The zero-order chi connectivity index (χ0) is 13.2. The minimum atomic E-state index is -0.213. The average Bonchev–Trinajstić information content (AvgIpc) is 2.41. The molecule has 3 heteroatoms. The van der Waals surface area contributed by atoms with Crippen molar-refractivity contribution in [3.8, 4) is 0 Å². The molecule has 0 aliphatic carbocycles. The van der Waals surface area contributed by atoms with Gasteiger partial charge in [0.25, 0.3) is 0 Å². The second-order valence-corrected chi connectivity index (χ2v) is 4.87.